The number of nitrogens with zero attached hydrogens (tertiary/aromatic N) is 3. The third-order valence-corrected chi connectivity index (χ3v) is 7.20. The fraction of sp³-hybridized carbons (Fsp3) is 0.188. The number of aromatic nitrogens is 1. The van der Waals surface area contributed by atoms with Crippen LogP contribution in [0, 0.1) is 0 Å². The standard InChI is InChI=1S/C32H30N4O3/c1-22-20-29(25-16-8-9-18-28(25)35(22)32(39)27-17-10-11-19-34-27)36(24-14-6-3-7-15-24)30(37)21-26(31(33)38)23-12-4-2-5-13-23/h2-19,22,26,29H,20-21H2,1H3,(H2,33,38). The van der Waals surface area contributed by atoms with Gasteiger partial charge in [0.05, 0.1) is 12.0 Å². The molecule has 3 unspecified atom stereocenters. The zero-order valence-electron chi connectivity index (χ0n) is 21.7. The minimum absolute atomic E-state index is 0.0716. The van der Waals surface area contributed by atoms with E-state index in [2.05, 4.69) is 4.98 Å². The second kappa shape index (κ2) is 11.3. The number of hydrogen-bond donors (Lipinski definition) is 1. The van der Waals surface area contributed by atoms with Crippen molar-refractivity contribution in [3.8, 4) is 0 Å². The van der Waals surface area contributed by atoms with Gasteiger partial charge in [0, 0.05) is 30.0 Å². The molecule has 0 aliphatic carbocycles. The highest BCUT2D eigenvalue weighted by atomic mass is 16.2. The summed E-state index contributed by atoms with van der Waals surface area (Å²) < 4.78 is 0. The molecule has 7 nitrogen and oxygen atoms in total. The third-order valence-electron chi connectivity index (χ3n) is 7.20. The molecule has 1 aliphatic heterocycles. The maximum absolute atomic E-state index is 14.1. The van der Waals surface area contributed by atoms with Crippen LogP contribution in [0.2, 0.25) is 0 Å². The Labute approximate surface area is 227 Å². The largest absolute Gasteiger partial charge is 0.369 e. The lowest BCUT2D eigenvalue weighted by molar-refractivity contribution is -0.125. The van der Waals surface area contributed by atoms with Crippen LogP contribution in [0.25, 0.3) is 0 Å². The number of anilines is 2. The van der Waals surface area contributed by atoms with E-state index < -0.39 is 11.8 Å². The van der Waals surface area contributed by atoms with Crippen molar-refractivity contribution in [1.82, 2.24) is 4.98 Å². The number of primary amides is 1. The molecular formula is C32H30N4O3. The molecule has 3 aromatic carbocycles. The molecule has 0 spiro atoms. The van der Waals surface area contributed by atoms with Gasteiger partial charge in [-0.25, -0.2) is 0 Å². The first-order chi connectivity index (χ1) is 19.0. The summed E-state index contributed by atoms with van der Waals surface area (Å²) in [6.07, 6.45) is 2.04. The third kappa shape index (κ3) is 5.29. The van der Waals surface area contributed by atoms with Crippen molar-refractivity contribution >= 4 is 29.1 Å². The number of benzene rings is 3. The summed E-state index contributed by atoms with van der Waals surface area (Å²) in [7, 11) is 0. The van der Waals surface area contributed by atoms with E-state index in [4.69, 9.17) is 5.73 Å². The van der Waals surface area contributed by atoms with Gasteiger partial charge in [0.15, 0.2) is 0 Å². The molecule has 0 fully saturated rings. The summed E-state index contributed by atoms with van der Waals surface area (Å²) in [5, 5.41) is 0. The second-order valence-corrected chi connectivity index (χ2v) is 9.72. The lowest BCUT2D eigenvalue weighted by Crippen LogP contribution is -2.48. The van der Waals surface area contributed by atoms with Gasteiger partial charge in [0.2, 0.25) is 11.8 Å². The van der Waals surface area contributed by atoms with Gasteiger partial charge in [-0.2, -0.15) is 0 Å². The average Bonchev–Trinajstić information content (AvgIpc) is 2.97. The highest BCUT2D eigenvalue weighted by Crippen LogP contribution is 2.43. The van der Waals surface area contributed by atoms with Gasteiger partial charge in [0.1, 0.15) is 5.69 Å². The number of fused-ring (bicyclic) bond motifs is 1. The fourth-order valence-electron chi connectivity index (χ4n) is 5.38. The molecule has 2 N–H and O–H groups in total. The quantitative estimate of drug-likeness (QED) is 0.361. The molecular weight excluding hydrogens is 488 g/mol. The number of amides is 3. The highest BCUT2D eigenvalue weighted by Gasteiger charge is 2.39. The summed E-state index contributed by atoms with van der Waals surface area (Å²) in [6, 6.07) is 30.9. The second-order valence-electron chi connectivity index (χ2n) is 9.72. The van der Waals surface area contributed by atoms with Crippen LogP contribution in [0.4, 0.5) is 11.4 Å². The highest BCUT2D eigenvalue weighted by molar-refractivity contribution is 6.06. The van der Waals surface area contributed by atoms with Crippen molar-refractivity contribution in [2.75, 3.05) is 9.80 Å². The van der Waals surface area contributed by atoms with Crippen LogP contribution >= 0.6 is 0 Å². The zero-order valence-corrected chi connectivity index (χ0v) is 21.7. The van der Waals surface area contributed by atoms with Gasteiger partial charge in [-0.15, -0.1) is 0 Å². The van der Waals surface area contributed by atoms with Crippen molar-refractivity contribution in [2.24, 2.45) is 5.73 Å². The van der Waals surface area contributed by atoms with E-state index in [9.17, 15) is 14.4 Å². The molecule has 0 bridgehead atoms. The number of hydrogen-bond acceptors (Lipinski definition) is 4. The number of nitrogens with two attached hydrogens (primary N) is 1. The molecule has 1 aromatic heterocycles. The Morgan fingerprint density at radius 2 is 1.54 bits per heavy atom. The van der Waals surface area contributed by atoms with Gasteiger partial charge < -0.3 is 15.5 Å². The van der Waals surface area contributed by atoms with Crippen molar-refractivity contribution in [3.63, 3.8) is 0 Å². The molecule has 2 heterocycles. The van der Waals surface area contributed by atoms with Crippen LogP contribution < -0.4 is 15.5 Å². The molecule has 4 aromatic rings. The normalized spacial score (nSPS) is 17.1. The van der Waals surface area contributed by atoms with E-state index in [1.54, 1.807) is 34.2 Å². The minimum Gasteiger partial charge on any atom is -0.369 e. The summed E-state index contributed by atoms with van der Waals surface area (Å²) in [5.74, 6) is -1.72. The Bertz CT molecular complexity index is 1460. The van der Waals surface area contributed by atoms with E-state index in [0.29, 0.717) is 17.7 Å². The average molecular weight is 519 g/mol. The van der Waals surface area contributed by atoms with Crippen molar-refractivity contribution in [2.45, 2.75) is 37.8 Å². The summed E-state index contributed by atoms with van der Waals surface area (Å²) in [6.45, 7) is 1.98. The molecule has 39 heavy (non-hydrogen) atoms. The Hall–Kier alpha value is -4.78. The SMILES string of the molecule is CC1CC(N(C(=O)CC(C(N)=O)c2ccccc2)c2ccccc2)c2ccccc2N1C(=O)c1ccccn1. The molecule has 0 radical (unpaired) electrons. The van der Waals surface area contributed by atoms with Crippen LogP contribution in [0.3, 0.4) is 0 Å². The topological polar surface area (TPSA) is 96.6 Å². The van der Waals surface area contributed by atoms with E-state index in [-0.39, 0.29) is 30.3 Å². The number of para-hydroxylation sites is 2. The van der Waals surface area contributed by atoms with Crippen molar-refractivity contribution in [3.05, 3.63) is 126 Å². The number of rotatable bonds is 7. The lowest BCUT2D eigenvalue weighted by Gasteiger charge is -2.43. The van der Waals surface area contributed by atoms with Crippen LogP contribution in [-0.4, -0.2) is 28.7 Å². The van der Waals surface area contributed by atoms with Gasteiger partial charge >= 0.3 is 0 Å². The predicted molar refractivity (Wildman–Crippen MR) is 151 cm³/mol. The lowest BCUT2D eigenvalue weighted by atomic mass is 9.88. The van der Waals surface area contributed by atoms with Crippen molar-refractivity contribution in [1.29, 1.82) is 0 Å². The first kappa shape index (κ1) is 25.9. The maximum atomic E-state index is 14.1. The van der Waals surface area contributed by atoms with Gasteiger partial charge in [0.25, 0.3) is 5.91 Å². The zero-order chi connectivity index (χ0) is 27.4. The van der Waals surface area contributed by atoms with Gasteiger partial charge in [-0.05, 0) is 54.8 Å². The van der Waals surface area contributed by atoms with Crippen LogP contribution in [0.1, 0.15) is 53.3 Å². The van der Waals surface area contributed by atoms with Crippen LogP contribution in [0.5, 0.6) is 0 Å². The monoisotopic (exact) mass is 518 g/mol. The fourth-order valence-corrected chi connectivity index (χ4v) is 5.38. The summed E-state index contributed by atoms with van der Waals surface area (Å²) in [5.41, 5.74) is 9.15. The first-order valence-corrected chi connectivity index (χ1v) is 13.0. The number of pyridine rings is 1. The summed E-state index contributed by atoms with van der Waals surface area (Å²) >= 11 is 0. The van der Waals surface area contributed by atoms with Gasteiger partial charge in [-0.1, -0.05) is 72.8 Å². The smallest absolute Gasteiger partial charge is 0.277 e. The van der Waals surface area contributed by atoms with Crippen LogP contribution in [0.15, 0.2) is 109 Å². The van der Waals surface area contributed by atoms with E-state index in [0.717, 1.165) is 16.9 Å². The Balaban J connectivity index is 1.55. The van der Waals surface area contributed by atoms with E-state index in [1.807, 2.05) is 91.9 Å². The Morgan fingerprint density at radius 3 is 2.21 bits per heavy atom. The Morgan fingerprint density at radius 1 is 0.897 bits per heavy atom. The molecule has 3 amide bonds. The van der Waals surface area contributed by atoms with E-state index >= 15 is 0 Å². The maximum Gasteiger partial charge on any atom is 0.277 e. The molecule has 196 valence electrons. The van der Waals surface area contributed by atoms with E-state index in [1.165, 1.54) is 0 Å². The molecule has 0 saturated carbocycles. The molecule has 7 heteroatoms. The van der Waals surface area contributed by atoms with Gasteiger partial charge in [-0.3, -0.25) is 19.4 Å². The first-order valence-electron chi connectivity index (χ1n) is 13.0. The van der Waals surface area contributed by atoms with Crippen molar-refractivity contribution < 1.29 is 14.4 Å². The number of carbonyl (C=O) groups excluding carboxylic acids is 3. The number of carbonyl (C=O) groups is 3. The van der Waals surface area contributed by atoms with Crippen LogP contribution in [-0.2, 0) is 9.59 Å². The predicted octanol–water partition coefficient (Wildman–Crippen LogP) is 5.25. The minimum atomic E-state index is -0.761. The Kier molecular flexibility index (Phi) is 7.50. The summed E-state index contributed by atoms with van der Waals surface area (Å²) in [4.78, 5) is 47.9. The molecule has 5 rings (SSSR count). The molecule has 3 atom stereocenters. The molecule has 0 saturated heterocycles. The molecule has 1 aliphatic rings.